The van der Waals surface area contributed by atoms with Gasteiger partial charge in [-0.1, -0.05) is 24.3 Å². The summed E-state index contributed by atoms with van der Waals surface area (Å²) in [5.41, 5.74) is 1.19. The third-order valence-corrected chi connectivity index (χ3v) is 5.60. The van der Waals surface area contributed by atoms with Gasteiger partial charge in [-0.05, 0) is 31.2 Å². The lowest BCUT2D eigenvalue weighted by Crippen LogP contribution is -2.68. The molecule has 0 bridgehead atoms. The molecule has 5 nitrogen and oxygen atoms in total. The molecule has 2 heterocycles. The summed E-state index contributed by atoms with van der Waals surface area (Å²) in [6.07, 6.45) is 1.20. The van der Waals surface area contributed by atoms with Gasteiger partial charge < -0.3 is 15.1 Å². The van der Waals surface area contributed by atoms with Crippen LogP contribution in [0.25, 0.3) is 0 Å². The number of para-hydroxylation sites is 1. The molecule has 1 saturated heterocycles. The Morgan fingerprint density at radius 2 is 1.78 bits per heavy atom. The number of carbonyl (C=O) groups excluding carboxylic acids is 2. The zero-order valence-electron chi connectivity index (χ0n) is 15.2. The van der Waals surface area contributed by atoms with Crippen LogP contribution in [0.4, 0.5) is 10.1 Å². The minimum atomic E-state index is -0.508. The van der Waals surface area contributed by atoms with Gasteiger partial charge in [-0.2, -0.15) is 0 Å². The van der Waals surface area contributed by atoms with Gasteiger partial charge in [-0.3, -0.25) is 9.59 Å². The van der Waals surface area contributed by atoms with Gasteiger partial charge in [0.2, 0.25) is 0 Å². The van der Waals surface area contributed by atoms with E-state index in [1.807, 2.05) is 24.3 Å². The Morgan fingerprint density at radius 1 is 1.11 bits per heavy atom. The van der Waals surface area contributed by atoms with E-state index in [2.05, 4.69) is 17.1 Å². The van der Waals surface area contributed by atoms with E-state index in [4.69, 9.17) is 0 Å². The number of piperidine rings is 1. The van der Waals surface area contributed by atoms with Crippen LogP contribution in [-0.2, 0) is 0 Å². The predicted molar refractivity (Wildman–Crippen MR) is 101 cm³/mol. The van der Waals surface area contributed by atoms with Crippen LogP contribution in [0.15, 0.2) is 48.5 Å². The molecule has 0 aromatic heterocycles. The summed E-state index contributed by atoms with van der Waals surface area (Å²) in [7, 11) is 0. The molecule has 0 aliphatic carbocycles. The lowest BCUT2D eigenvalue weighted by Gasteiger charge is -2.52. The molecule has 4 rings (SSSR count). The fraction of sp³-hybridized carbons (Fsp3) is 0.333. The summed E-state index contributed by atoms with van der Waals surface area (Å²) in [4.78, 5) is 29.2. The molecule has 1 N–H and O–H groups in total. The number of benzene rings is 2. The average molecular weight is 367 g/mol. The average Bonchev–Trinajstić information content (AvgIpc) is 2.69. The first-order chi connectivity index (χ1) is 13.1. The number of halogens is 1. The molecule has 2 aromatic carbocycles. The molecule has 0 atom stereocenters. The summed E-state index contributed by atoms with van der Waals surface area (Å²) in [5, 5.41) is 3.17. The maximum absolute atomic E-state index is 14.0. The zero-order chi connectivity index (χ0) is 19.0. The van der Waals surface area contributed by atoms with E-state index in [-0.39, 0.29) is 17.4 Å². The van der Waals surface area contributed by atoms with Gasteiger partial charge in [0.25, 0.3) is 11.8 Å². The van der Waals surface area contributed by atoms with Crippen LogP contribution in [0.2, 0.25) is 0 Å². The molecule has 1 fully saturated rings. The van der Waals surface area contributed by atoms with Crippen LogP contribution in [0.3, 0.4) is 0 Å². The van der Waals surface area contributed by atoms with Gasteiger partial charge in [0.05, 0.1) is 16.8 Å². The third kappa shape index (κ3) is 2.85. The molecule has 2 aliphatic heterocycles. The van der Waals surface area contributed by atoms with E-state index in [1.54, 1.807) is 17.0 Å². The molecule has 1 spiro atoms. The van der Waals surface area contributed by atoms with Gasteiger partial charge in [-0.25, -0.2) is 4.39 Å². The Hall–Kier alpha value is -2.89. The van der Waals surface area contributed by atoms with Crippen molar-refractivity contribution in [3.8, 4) is 0 Å². The zero-order valence-corrected chi connectivity index (χ0v) is 15.2. The first-order valence-corrected chi connectivity index (χ1v) is 9.29. The van der Waals surface area contributed by atoms with Crippen molar-refractivity contribution in [2.75, 3.05) is 24.5 Å². The van der Waals surface area contributed by atoms with Gasteiger partial charge in [0, 0.05) is 32.5 Å². The second-order valence-electron chi connectivity index (χ2n) is 7.02. The second-order valence-corrected chi connectivity index (χ2v) is 7.02. The Kier molecular flexibility index (Phi) is 4.34. The van der Waals surface area contributed by atoms with Crippen molar-refractivity contribution < 1.29 is 14.0 Å². The van der Waals surface area contributed by atoms with Crippen molar-refractivity contribution in [3.63, 3.8) is 0 Å². The van der Waals surface area contributed by atoms with Gasteiger partial charge >= 0.3 is 0 Å². The first kappa shape index (κ1) is 17.5. The number of carbonyl (C=O) groups is 2. The van der Waals surface area contributed by atoms with Crippen molar-refractivity contribution >= 4 is 17.5 Å². The molecule has 2 aliphatic rings. The first-order valence-electron chi connectivity index (χ1n) is 9.29. The van der Waals surface area contributed by atoms with E-state index < -0.39 is 11.5 Å². The molecule has 6 heteroatoms. The van der Waals surface area contributed by atoms with Crippen molar-refractivity contribution in [1.29, 1.82) is 0 Å². The van der Waals surface area contributed by atoms with Crippen molar-refractivity contribution in [1.82, 2.24) is 10.2 Å². The third-order valence-electron chi connectivity index (χ3n) is 5.60. The van der Waals surface area contributed by atoms with Crippen molar-refractivity contribution in [2.45, 2.75) is 25.4 Å². The molecule has 27 heavy (non-hydrogen) atoms. The number of fused-ring (bicyclic) bond motifs is 1. The van der Waals surface area contributed by atoms with E-state index >= 15 is 0 Å². The van der Waals surface area contributed by atoms with E-state index in [1.165, 1.54) is 12.1 Å². The summed E-state index contributed by atoms with van der Waals surface area (Å²) >= 11 is 0. The van der Waals surface area contributed by atoms with Gasteiger partial charge in [0.15, 0.2) is 0 Å². The van der Waals surface area contributed by atoms with E-state index in [0.29, 0.717) is 31.5 Å². The highest BCUT2D eigenvalue weighted by Crippen LogP contribution is 2.37. The quantitative estimate of drug-likeness (QED) is 0.888. The molecule has 0 saturated carbocycles. The highest BCUT2D eigenvalue weighted by molar-refractivity contribution is 6.02. The largest absolute Gasteiger partial charge is 0.348 e. The van der Waals surface area contributed by atoms with Crippen LogP contribution in [-0.4, -0.2) is 42.0 Å². The number of nitrogens with zero attached hydrogens (tertiary/aromatic N) is 2. The fourth-order valence-electron chi connectivity index (χ4n) is 4.23. The molecule has 0 radical (unpaired) electrons. The molecule has 2 amide bonds. The summed E-state index contributed by atoms with van der Waals surface area (Å²) in [6, 6.07) is 13.6. The molecule has 0 unspecified atom stereocenters. The standard InChI is InChI=1S/C21H22FN3O2/c1-2-25-18-10-6-4-8-16(18)19(26)23-21(25)11-13-24(14-12-21)20(27)15-7-3-5-9-17(15)22/h3-10H,2,11-14H2,1H3,(H,23,26). The minimum absolute atomic E-state index is 0.0795. The molecular weight excluding hydrogens is 345 g/mol. The summed E-state index contributed by atoms with van der Waals surface area (Å²) < 4.78 is 14.0. The predicted octanol–water partition coefficient (Wildman–Crippen LogP) is 3.03. The number of nitrogens with one attached hydrogen (secondary N) is 1. The second kappa shape index (κ2) is 6.68. The molecule has 2 aromatic rings. The van der Waals surface area contributed by atoms with Crippen LogP contribution in [0, 0.1) is 5.82 Å². The lowest BCUT2D eigenvalue weighted by molar-refractivity contribution is 0.0600. The van der Waals surface area contributed by atoms with Crippen LogP contribution in [0.5, 0.6) is 0 Å². The maximum Gasteiger partial charge on any atom is 0.256 e. The van der Waals surface area contributed by atoms with E-state index in [0.717, 1.165) is 12.2 Å². The van der Waals surface area contributed by atoms with Gasteiger partial charge in [0.1, 0.15) is 11.5 Å². The van der Waals surface area contributed by atoms with E-state index in [9.17, 15) is 14.0 Å². The van der Waals surface area contributed by atoms with Crippen molar-refractivity contribution in [2.24, 2.45) is 0 Å². The fourth-order valence-corrected chi connectivity index (χ4v) is 4.23. The van der Waals surface area contributed by atoms with Crippen LogP contribution < -0.4 is 10.2 Å². The number of likely N-dealkylation sites (tertiary alicyclic amines) is 1. The number of amides is 2. The summed E-state index contributed by atoms with van der Waals surface area (Å²) in [5.74, 6) is -0.879. The number of rotatable bonds is 2. The normalized spacial score (nSPS) is 18.2. The highest BCUT2D eigenvalue weighted by Gasteiger charge is 2.45. The smallest absolute Gasteiger partial charge is 0.256 e. The van der Waals surface area contributed by atoms with Crippen LogP contribution >= 0.6 is 0 Å². The Bertz CT molecular complexity index is 891. The lowest BCUT2D eigenvalue weighted by atomic mass is 9.89. The minimum Gasteiger partial charge on any atom is -0.348 e. The SMILES string of the molecule is CCN1c2ccccc2C(=O)NC12CCN(C(=O)c1ccccc1F)CC2. The number of anilines is 1. The Morgan fingerprint density at radius 3 is 2.48 bits per heavy atom. The highest BCUT2D eigenvalue weighted by atomic mass is 19.1. The Balaban J connectivity index is 1.57. The number of hydrogen-bond acceptors (Lipinski definition) is 3. The number of hydrogen-bond donors (Lipinski definition) is 1. The summed E-state index contributed by atoms with van der Waals surface area (Å²) in [6.45, 7) is 3.74. The topological polar surface area (TPSA) is 52.7 Å². The maximum atomic E-state index is 14.0. The Labute approximate surface area is 157 Å². The molecular formula is C21H22FN3O2. The van der Waals surface area contributed by atoms with Crippen molar-refractivity contribution in [3.05, 3.63) is 65.5 Å². The van der Waals surface area contributed by atoms with Gasteiger partial charge in [-0.15, -0.1) is 0 Å². The monoisotopic (exact) mass is 367 g/mol. The van der Waals surface area contributed by atoms with Crippen LogP contribution in [0.1, 0.15) is 40.5 Å². The molecule has 140 valence electrons.